The fourth-order valence-electron chi connectivity index (χ4n) is 3.61. The van der Waals surface area contributed by atoms with Gasteiger partial charge in [0, 0.05) is 12.5 Å². The fraction of sp³-hybridized carbons (Fsp3) is 0.524. The highest BCUT2D eigenvalue weighted by Crippen LogP contribution is 2.23. The molecule has 7 nitrogen and oxygen atoms in total. The Hall–Kier alpha value is -2.70. The number of aryl methyl sites for hydroxylation is 1. The van der Waals surface area contributed by atoms with Crippen LogP contribution in [0.2, 0.25) is 0 Å². The molecule has 1 heterocycles. The molecule has 150 valence electrons. The maximum Gasteiger partial charge on any atom is 0.307 e. The molecule has 1 aromatic carbocycles. The summed E-state index contributed by atoms with van der Waals surface area (Å²) in [5.74, 6) is 0.115. The van der Waals surface area contributed by atoms with Crippen molar-refractivity contribution in [3.05, 3.63) is 40.4 Å². The first-order valence-corrected chi connectivity index (χ1v) is 9.92. The number of carbonyl (C=O) groups is 2. The zero-order valence-electron chi connectivity index (χ0n) is 16.4. The topological polar surface area (TPSA) is 101 Å². The van der Waals surface area contributed by atoms with Crippen molar-refractivity contribution in [3.8, 4) is 0 Å². The summed E-state index contributed by atoms with van der Waals surface area (Å²) in [5.41, 5.74) is 0.354. The Balaban J connectivity index is 1.51. The molecule has 0 unspecified atom stereocenters. The standard InChI is InChI=1S/C21H27N3O4/c1-13-7-3-5-9-16(13)23-20(26)14(2)28-19(25)12-11-18-22-17-10-6-4-8-15(17)21(27)24-18/h4,6,8,10,13-14,16H,3,5,7,9,11-12H2,1-2H3,(H,23,26)(H,22,24,27)/t13-,14-,16+/m1/s1. The molecule has 1 fully saturated rings. The number of aromatic nitrogens is 2. The second-order valence-corrected chi connectivity index (χ2v) is 7.54. The van der Waals surface area contributed by atoms with E-state index in [1.807, 2.05) is 0 Å². The molecule has 3 atom stereocenters. The van der Waals surface area contributed by atoms with Crippen LogP contribution in [0.4, 0.5) is 0 Å². The number of nitrogens with one attached hydrogen (secondary N) is 2. The molecule has 3 rings (SSSR count). The largest absolute Gasteiger partial charge is 0.453 e. The van der Waals surface area contributed by atoms with Crippen LogP contribution < -0.4 is 10.9 Å². The number of aromatic amines is 1. The Labute approximate surface area is 163 Å². The highest BCUT2D eigenvalue weighted by Gasteiger charge is 2.26. The number of ether oxygens (including phenoxy) is 1. The number of benzene rings is 1. The van der Waals surface area contributed by atoms with E-state index in [1.54, 1.807) is 31.2 Å². The SMILES string of the molecule is C[C@@H]1CCCC[C@@H]1NC(=O)[C@@H](C)OC(=O)CCc1nc2ccccc2c(=O)[nH]1. The van der Waals surface area contributed by atoms with E-state index in [2.05, 4.69) is 22.2 Å². The Kier molecular flexibility index (Phi) is 6.44. The van der Waals surface area contributed by atoms with Gasteiger partial charge in [-0.2, -0.15) is 0 Å². The van der Waals surface area contributed by atoms with Crippen molar-refractivity contribution in [2.45, 2.75) is 64.5 Å². The molecule has 1 aliphatic rings. The quantitative estimate of drug-likeness (QED) is 0.744. The molecule has 0 spiro atoms. The number of fused-ring (bicyclic) bond motifs is 1. The smallest absolute Gasteiger partial charge is 0.307 e. The maximum atomic E-state index is 12.3. The fourth-order valence-corrected chi connectivity index (χ4v) is 3.61. The maximum absolute atomic E-state index is 12.3. The van der Waals surface area contributed by atoms with Crippen molar-refractivity contribution in [1.29, 1.82) is 0 Å². The molecule has 2 N–H and O–H groups in total. The summed E-state index contributed by atoms with van der Waals surface area (Å²) in [6.45, 7) is 3.72. The van der Waals surface area contributed by atoms with Gasteiger partial charge in [-0.3, -0.25) is 14.4 Å². The monoisotopic (exact) mass is 385 g/mol. The zero-order valence-corrected chi connectivity index (χ0v) is 16.4. The Bertz CT molecular complexity index is 908. The Morgan fingerprint density at radius 3 is 2.82 bits per heavy atom. The summed E-state index contributed by atoms with van der Waals surface area (Å²) < 4.78 is 5.26. The third-order valence-electron chi connectivity index (χ3n) is 5.34. The molecule has 1 saturated carbocycles. The van der Waals surface area contributed by atoms with Gasteiger partial charge < -0.3 is 15.0 Å². The van der Waals surface area contributed by atoms with Crippen LogP contribution in [-0.4, -0.2) is 34.0 Å². The molecule has 0 radical (unpaired) electrons. The molecular weight excluding hydrogens is 358 g/mol. The van der Waals surface area contributed by atoms with Gasteiger partial charge in [-0.25, -0.2) is 4.98 Å². The van der Waals surface area contributed by atoms with Crippen LogP contribution in [-0.2, 0) is 20.7 Å². The third kappa shape index (κ3) is 4.97. The minimum atomic E-state index is -0.842. The predicted octanol–water partition coefficient (Wildman–Crippen LogP) is 2.48. The molecule has 0 bridgehead atoms. The number of para-hydroxylation sites is 1. The number of carbonyl (C=O) groups excluding carboxylic acids is 2. The van der Waals surface area contributed by atoms with Crippen molar-refractivity contribution >= 4 is 22.8 Å². The third-order valence-corrected chi connectivity index (χ3v) is 5.34. The number of hydrogen-bond acceptors (Lipinski definition) is 5. The minimum absolute atomic E-state index is 0.0404. The zero-order chi connectivity index (χ0) is 20.1. The molecule has 1 amide bonds. The van der Waals surface area contributed by atoms with Gasteiger partial charge in [0.2, 0.25) is 0 Å². The highest BCUT2D eigenvalue weighted by atomic mass is 16.5. The average Bonchev–Trinajstić information content (AvgIpc) is 2.68. The first-order valence-electron chi connectivity index (χ1n) is 9.92. The number of amides is 1. The molecule has 1 aromatic heterocycles. The van der Waals surface area contributed by atoms with Gasteiger partial charge in [0.05, 0.1) is 17.3 Å². The van der Waals surface area contributed by atoms with Gasteiger partial charge in [-0.05, 0) is 37.8 Å². The van der Waals surface area contributed by atoms with E-state index in [1.165, 1.54) is 6.42 Å². The van der Waals surface area contributed by atoms with Crippen molar-refractivity contribution in [3.63, 3.8) is 0 Å². The molecule has 28 heavy (non-hydrogen) atoms. The number of rotatable bonds is 6. The van der Waals surface area contributed by atoms with Gasteiger partial charge >= 0.3 is 5.97 Å². The number of esters is 1. The van der Waals surface area contributed by atoms with Gasteiger partial charge in [-0.15, -0.1) is 0 Å². The number of hydrogen-bond donors (Lipinski definition) is 2. The summed E-state index contributed by atoms with van der Waals surface area (Å²) in [7, 11) is 0. The van der Waals surface area contributed by atoms with Crippen LogP contribution in [0.15, 0.2) is 29.1 Å². The van der Waals surface area contributed by atoms with E-state index in [0.29, 0.717) is 22.6 Å². The summed E-state index contributed by atoms with van der Waals surface area (Å²) in [4.78, 5) is 43.5. The van der Waals surface area contributed by atoms with Crippen molar-refractivity contribution in [1.82, 2.24) is 15.3 Å². The lowest BCUT2D eigenvalue weighted by Gasteiger charge is -2.30. The first kappa shape index (κ1) is 20.0. The van der Waals surface area contributed by atoms with Crippen molar-refractivity contribution < 1.29 is 14.3 Å². The Morgan fingerprint density at radius 1 is 1.29 bits per heavy atom. The van der Waals surface area contributed by atoms with E-state index < -0.39 is 12.1 Å². The second kappa shape index (κ2) is 8.99. The predicted molar refractivity (Wildman–Crippen MR) is 106 cm³/mol. The number of H-pyrrole nitrogens is 1. The summed E-state index contributed by atoms with van der Waals surface area (Å²) in [6, 6.07) is 7.18. The van der Waals surface area contributed by atoms with Crippen LogP contribution in [0.1, 0.15) is 51.8 Å². The molecule has 2 aromatic rings. The van der Waals surface area contributed by atoms with Crippen LogP contribution in [0, 0.1) is 5.92 Å². The lowest BCUT2D eigenvalue weighted by atomic mass is 9.86. The second-order valence-electron chi connectivity index (χ2n) is 7.54. The molecule has 0 aliphatic heterocycles. The number of nitrogens with zero attached hydrogens (tertiary/aromatic N) is 1. The molecular formula is C21H27N3O4. The lowest BCUT2D eigenvalue weighted by Crippen LogP contribution is -2.46. The van der Waals surface area contributed by atoms with Crippen LogP contribution in [0.25, 0.3) is 10.9 Å². The summed E-state index contributed by atoms with van der Waals surface area (Å²) >= 11 is 0. The van der Waals surface area contributed by atoms with E-state index in [9.17, 15) is 14.4 Å². The molecule has 1 aliphatic carbocycles. The first-order chi connectivity index (χ1) is 13.4. The van der Waals surface area contributed by atoms with E-state index in [4.69, 9.17) is 4.74 Å². The van der Waals surface area contributed by atoms with Crippen LogP contribution >= 0.6 is 0 Å². The highest BCUT2D eigenvalue weighted by molar-refractivity contribution is 5.83. The van der Waals surface area contributed by atoms with Crippen LogP contribution in [0.3, 0.4) is 0 Å². The minimum Gasteiger partial charge on any atom is -0.453 e. The lowest BCUT2D eigenvalue weighted by molar-refractivity contribution is -0.155. The Morgan fingerprint density at radius 2 is 2.04 bits per heavy atom. The normalized spacial score (nSPS) is 20.5. The van der Waals surface area contributed by atoms with E-state index >= 15 is 0 Å². The average molecular weight is 385 g/mol. The summed E-state index contributed by atoms with van der Waals surface area (Å²) in [5, 5.41) is 3.51. The molecule has 0 saturated heterocycles. The van der Waals surface area contributed by atoms with Crippen molar-refractivity contribution in [2.75, 3.05) is 0 Å². The van der Waals surface area contributed by atoms with E-state index in [-0.39, 0.29) is 30.3 Å². The van der Waals surface area contributed by atoms with Crippen LogP contribution in [0.5, 0.6) is 0 Å². The van der Waals surface area contributed by atoms with Gasteiger partial charge in [0.15, 0.2) is 6.10 Å². The van der Waals surface area contributed by atoms with Crippen molar-refractivity contribution in [2.24, 2.45) is 5.92 Å². The molecule has 7 heteroatoms. The van der Waals surface area contributed by atoms with E-state index in [0.717, 1.165) is 19.3 Å². The summed E-state index contributed by atoms with van der Waals surface area (Å²) in [6.07, 6.45) is 3.82. The van der Waals surface area contributed by atoms with Gasteiger partial charge in [0.25, 0.3) is 11.5 Å². The van der Waals surface area contributed by atoms with Gasteiger partial charge in [-0.1, -0.05) is 31.9 Å². The van der Waals surface area contributed by atoms with Gasteiger partial charge in [0.1, 0.15) is 5.82 Å².